The van der Waals surface area contributed by atoms with Crippen LogP contribution in [-0.2, 0) is 33.4 Å². The van der Waals surface area contributed by atoms with E-state index in [0.717, 1.165) is 7.11 Å². The smallest absolute Gasteiger partial charge is 0.410 e. The van der Waals surface area contributed by atoms with Crippen LogP contribution in [0.2, 0.25) is 0 Å². The van der Waals surface area contributed by atoms with Gasteiger partial charge < -0.3 is 34.6 Å². The van der Waals surface area contributed by atoms with Crippen LogP contribution in [0.4, 0.5) is 9.59 Å². The van der Waals surface area contributed by atoms with Gasteiger partial charge in [-0.25, -0.2) is 9.59 Å². The van der Waals surface area contributed by atoms with Crippen molar-refractivity contribution in [1.29, 1.82) is 0 Å². The van der Waals surface area contributed by atoms with E-state index in [2.05, 4.69) is 21.9 Å². The van der Waals surface area contributed by atoms with Crippen LogP contribution in [0.5, 0.6) is 0 Å². The van der Waals surface area contributed by atoms with Crippen molar-refractivity contribution in [2.45, 2.75) is 57.8 Å². The molecule has 0 radical (unpaired) electrons. The summed E-state index contributed by atoms with van der Waals surface area (Å²) in [6.07, 6.45) is 1.83. The van der Waals surface area contributed by atoms with Gasteiger partial charge in [0.25, 0.3) is 0 Å². The minimum atomic E-state index is -1.30. The molecule has 0 heterocycles. The molecule has 5 amide bonds. The Morgan fingerprint density at radius 3 is 2.10 bits per heavy atom. The molecule has 0 bridgehead atoms. The Balaban J connectivity index is 5.89. The Morgan fingerprint density at radius 2 is 1.61 bits per heavy atom. The van der Waals surface area contributed by atoms with Crippen molar-refractivity contribution >= 4 is 47.6 Å². The zero-order valence-electron chi connectivity index (χ0n) is 25.5. The molecule has 0 unspecified atom stereocenters. The fraction of sp³-hybridized carbons (Fsp3) is 0.692. The average Bonchev–Trinajstić information content (AvgIpc) is 2.90. The molecular weight excluding hydrogens is 558 g/mol. The van der Waals surface area contributed by atoms with Crippen LogP contribution < -0.4 is 10.6 Å². The van der Waals surface area contributed by atoms with Gasteiger partial charge in [0.05, 0.1) is 7.11 Å². The highest BCUT2D eigenvalue weighted by Crippen LogP contribution is 2.15. The predicted octanol–water partition coefficient (Wildman–Crippen LogP) is 0.850. The third-order valence-electron chi connectivity index (χ3n) is 5.65. The lowest BCUT2D eigenvalue weighted by atomic mass is 10.1. The van der Waals surface area contributed by atoms with E-state index in [4.69, 9.17) is 9.47 Å². The van der Waals surface area contributed by atoms with E-state index in [1.165, 1.54) is 53.7 Å². The van der Waals surface area contributed by atoms with Crippen LogP contribution in [0.15, 0.2) is 12.7 Å². The van der Waals surface area contributed by atoms with E-state index in [-0.39, 0.29) is 25.3 Å². The molecule has 234 valence electrons. The standard InChI is InChI=1S/C26H45N5O9S/c1-11-13-39-25(37)31(8)18(12-2)23(35)30(7)19(16-41-10)22(34)29(6)15-17(21(33)27-14-20(32)38-9)28-24(36)40-26(3,4)5/h11,17-19H,1,12-16H2,2-10H3,(H,27,33)(H,28,36)/t17-,18+,19+/m1/s1. The van der Waals surface area contributed by atoms with E-state index < -0.39 is 66.1 Å². The molecule has 2 N–H and O–H groups in total. The Morgan fingerprint density at radius 1 is 1.00 bits per heavy atom. The number of alkyl carbamates (subject to hydrolysis) is 1. The molecule has 41 heavy (non-hydrogen) atoms. The number of ether oxygens (including phenoxy) is 3. The molecule has 14 nitrogen and oxygen atoms in total. The fourth-order valence-electron chi connectivity index (χ4n) is 3.49. The first-order valence-corrected chi connectivity index (χ1v) is 14.3. The minimum Gasteiger partial charge on any atom is -0.468 e. The van der Waals surface area contributed by atoms with Gasteiger partial charge in [-0.3, -0.25) is 24.1 Å². The summed E-state index contributed by atoms with van der Waals surface area (Å²) >= 11 is 1.32. The summed E-state index contributed by atoms with van der Waals surface area (Å²) in [4.78, 5) is 79.7. The molecule has 0 aromatic rings. The molecule has 0 aliphatic rings. The molecule has 0 spiro atoms. The lowest BCUT2D eigenvalue weighted by Gasteiger charge is -2.35. The molecule has 0 fully saturated rings. The van der Waals surface area contributed by atoms with E-state index in [1.54, 1.807) is 34.0 Å². The number of carbonyl (C=O) groups is 6. The van der Waals surface area contributed by atoms with Gasteiger partial charge in [-0.05, 0) is 33.4 Å². The normalized spacial score (nSPS) is 13.0. The van der Waals surface area contributed by atoms with Gasteiger partial charge >= 0.3 is 18.2 Å². The molecule has 0 rings (SSSR count). The Hall–Kier alpha value is -3.49. The summed E-state index contributed by atoms with van der Waals surface area (Å²) in [5, 5.41) is 4.78. The summed E-state index contributed by atoms with van der Waals surface area (Å²) in [7, 11) is 5.47. The highest BCUT2D eigenvalue weighted by atomic mass is 32.2. The summed E-state index contributed by atoms with van der Waals surface area (Å²) < 4.78 is 14.8. The van der Waals surface area contributed by atoms with Crippen molar-refractivity contribution in [3.63, 3.8) is 0 Å². The Kier molecular flexibility index (Phi) is 16.5. The number of rotatable bonds is 15. The predicted molar refractivity (Wildman–Crippen MR) is 154 cm³/mol. The fourth-order valence-corrected chi connectivity index (χ4v) is 4.17. The van der Waals surface area contributed by atoms with Gasteiger partial charge in [0.1, 0.15) is 36.9 Å². The number of carbonyl (C=O) groups excluding carboxylic acids is 6. The van der Waals surface area contributed by atoms with Crippen LogP contribution in [0.25, 0.3) is 0 Å². The summed E-state index contributed by atoms with van der Waals surface area (Å²) in [6.45, 7) is 9.39. The van der Waals surface area contributed by atoms with Crippen molar-refractivity contribution in [3.05, 3.63) is 12.7 Å². The minimum absolute atomic E-state index is 0.0201. The first-order valence-electron chi connectivity index (χ1n) is 12.9. The van der Waals surface area contributed by atoms with Gasteiger partial charge in [0.2, 0.25) is 17.7 Å². The van der Waals surface area contributed by atoms with Crippen molar-refractivity contribution in [3.8, 4) is 0 Å². The third-order valence-corrected chi connectivity index (χ3v) is 6.30. The number of hydrogen-bond donors (Lipinski definition) is 2. The van der Waals surface area contributed by atoms with Gasteiger partial charge in [-0.15, -0.1) is 0 Å². The number of nitrogens with zero attached hydrogens (tertiary/aromatic N) is 3. The second-order valence-corrected chi connectivity index (χ2v) is 10.9. The number of amides is 5. The maximum atomic E-state index is 13.6. The van der Waals surface area contributed by atoms with Gasteiger partial charge in [0.15, 0.2) is 0 Å². The molecule has 15 heteroatoms. The molecule has 0 aliphatic carbocycles. The topological polar surface area (TPSA) is 164 Å². The highest BCUT2D eigenvalue weighted by Gasteiger charge is 2.36. The molecule has 0 aromatic carbocycles. The van der Waals surface area contributed by atoms with E-state index in [9.17, 15) is 28.8 Å². The first-order chi connectivity index (χ1) is 19.0. The van der Waals surface area contributed by atoms with Crippen LogP contribution >= 0.6 is 11.8 Å². The maximum Gasteiger partial charge on any atom is 0.410 e. The number of methoxy groups -OCH3 is 1. The van der Waals surface area contributed by atoms with Crippen LogP contribution in [0, 0.1) is 0 Å². The first kappa shape index (κ1) is 37.5. The molecular formula is C26H45N5O9S. The average molecular weight is 604 g/mol. The van der Waals surface area contributed by atoms with Crippen molar-refractivity contribution < 1.29 is 43.0 Å². The third kappa shape index (κ3) is 13.1. The number of likely N-dealkylation sites (N-methyl/N-ethyl adjacent to an activating group) is 3. The molecule has 0 aromatic heterocycles. The van der Waals surface area contributed by atoms with Gasteiger partial charge in [-0.2, -0.15) is 11.8 Å². The van der Waals surface area contributed by atoms with Gasteiger partial charge in [0, 0.05) is 33.4 Å². The zero-order chi connectivity index (χ0) is 31.9. The van der Waals surface area contributed by atoms with Crippen LogP contribution in [0.3, 0.4) is 0 Å². The Labute approximate surface area is 246 Å². The van der Waals surface area contributed by atoms with E-state index in [0.29, 0.717) is 0 Å². The van der Waals surface area contributed by atoms with E-state index >= 15 is 0 Å². The lowest BCUT2D eigenvalue weighted by Crippen LogP contribution is -2.58. The van der Waals surface area contributed by atoms with Crippen molar-refractivity contribution in [2.75, 3.05) is 60.0 Å². The van der Waals surface area contributed by atoms with Crippen LogP contribution in [0.1, 0.15) is 34.1 Å². The number of nitrogens with one attached hydrogen (secondary N) is 2. The maximum absolute atomic E-state index is 13.6. The van der Waals surface area contributed by atoms with Crippen molar-refractivity contribution in [2.24, 2.45) is 0 Å². The summed E-state index contributed by atoms with van der Waals surface area (Å²) in [5.74, 6) is -2.24. The largest absolute Gasteiger partial charge is 0.468 e. The van der Waals surface area contributed by atoms with E-state index in [1.807, 2.05) is 0 Å². The quantitative estimate of drug-likeness (QED) is 0.156. The lowest BCUT2D eigenvalue weighted by molar-refractivity contribution is -0.146. The SMILES string of the molecule is C=CCOC(=O)N(C)[C@@H](CC)C(=O)N(C)[C@@H](CSC)C(=O)N(C)C[C@@H](NC(=O)OC(C)(C)C)C(=O)NCC(=O)OC. The van der Waals surface area contributed by atoms with Gasteiger partial charge in [-0.1, -0.05) is 19.6 Å². The molecule has 0 aliphatic heterocycles. The monoisotopic (exact) mass is 603 g/mol. The molecule has 0 saturated carbocycles. The second-order valence-electron chi connectivity index (χ2n) is 10.0. The van der Waals surface area contributed by atoms with Crippen LogP contribution in [-0.4, -0.2) is 134 Å². The number of hydrogen-bond acceptors (Lipinski definition) is 10. The summed E-state index contributed by atoms with van der Waals surface area (Å²) in [5.41, 5.74) is -0.855. The number of esters is 1. The van der Waals surface area contributed by atoms with Crippen molar-refractivity contribution in [1.82, 2.24) is 25.3 Å². The summed E-state index contributed by atoms with van der Waals surface area (Å²) in [6, 6.07) is -3.16. The zero-order valence-corrected chi connectivity index (χ0v) is 26.3. The Bertz CT molecular complexity index is 941. The number of thioether (sulfide) groups is 1. The molecule has 0 saturated heterocycles. The molecule has 3 atom stereocenters. The highest BCUT2D eigenvalue weighted by molar-refractivity contribution is 7.98. The second kappa shape index (κ2) is 18.0.